The lowest BCUT2D eigenvalue weighted by molar-refractivity contribution is -0.120. The molecule has 1 aliphatic rings. The van der Waals surface area contributed by atoms with Gasteiger partial charge in [0, 0.05) is 42.0 Å². The van der Waals surface area contributed by atoms with E-state index in [1.807, 2.05) is 50.1 Å². The number of hydrogen-bond acceptors (Lipinski definition) is 4. The number of benzene rings is 2. The van der Waals surface area contributed by atoms with Crippen molar-refractivity contribution >= 4 is 28.9 Å². The van der Waals surface area contributed by atoms with Gasteiger partial charge in [-0.2, -0.15) is 0 Å². The minimum absolute atomic E-state index is 0.122. The van der Waals surface area contributed by atoms with Crippen LogP contribution in [0.1, 0.15) is 57.0 Å². The van der Waals surface area contributed by atoms with E-state index in [0.29, 0.717) is 18.6 Å². The lowest BCUT2D eigenvalue weighted by Crippen LogP contribution is -2.45. The zero-order valence-electron chi connectivity index (χ0n) is 18.2. The maximum Gasteiger partial charge on any atom is 0.338 e. The molecule has 1 aliphatic heterocycles. The van der Waals surface area contributed by atoms with Crippen molar-refractivity contribution in [3.8, 4) is 0 Å². The fraction of sp³-hybridized carbons (Fsp3) is 0.417. The second-order valence-corrected chi connectivity index (χ2v) is 8.45. The number of anilines is 3. The summed E-state index contributed by atoms with van der Waals surface area (Å²) in [6, 6.07) is 13.8. The third-order valence-electron chi connectivity index (χ3n) is 5.50. The van der Waals surface area contributed by atoms with Crippen LogP contribution >= 0.6 is 0 Å². The van der Waals surface area contributed by atoms with Gasteiger partial charge >= 0.3 is 5.97 Å². The van der Waals surface area contributed by atoms with Crippen molar-refractivity contribution in [2.45, 2.75) is 52.5 Å². The van der Waals surface area contributed by atoms with Crippen molar-refractivity contribution in [1.29, 1.82) is 0 Å². The topological polar surface area (TPSA) is 49.9 Å². The van der Waals surface area contributed by atoms with Crippen molar-refractivity contribution in [3.05, 3.63) is 53.6 Å². The van der Waals surface area contributed by atoms with Gasteiger partial charge in [0.25, 0.3) is 0 Å². The van der Waals surface area contributed by atoms with Crippen LogP contribution in [0.3, 0.4) is 0 Å². The molecule has 2 aromatic rings. The molecule has 29 heavy (non-hydrogen) atoms. The first-order chi connectivity index (χ1) is 13.7. The van der Waals surface area contributed by atoms with Gasteiger partial charge in [-0.1, -0.05) is 13.8 Å². The Morgan fingerprint density at radius 3 is 2.34 bits per heavy atom. The highest BCUT2D eigenvalue weighted by molar-refractivity contribution is 5.98. The van der Waals surface area contributed by atoms with E-state index in [0.717, 1.165) is 17.1 Å². The standard InChI is InChI=1S/C24H30N2O3/c1-7-29-23(28)17-8-10-18(11-9-17)25(6)19-12-13-21-20(14-19)24(4,5)15-22(27)26(21)16(2)3/h8-14,16H,7,15H2,1-6H3. The number of carbonyl (C=O) groups is 2. The van der Waals surface area contributed by atoms with Gasteiger partial charge in [-0.25, -0.2) is 4.79 Å². The SMILES string of the molecule is CCOC(=O)c1ccc(N(C)c2ccc3c(c2)C(C)(C)CC(=O)N3C(C)C)cc1. The minimum Gasteiger partial charge on any atom is -0.462 e. The second kappa shape index (κ2) is 7.90. The van der Waals surface area contributed by atoms with Gasteiger partial charge in [-0.15, -0.1) is 0 Å². The Morgan fingerprint density at radius 2 is 1.76 bits per heavy atom. The number of ether oxygens (including phenoxy) is 1. The molecule has 0 saturated heterocycles. The van der Waals surface area contributed by atoms with Crippen molar-refractivity contribution in [1.82, 2.24) is 0 Å². The highest BCUT2D eigenvalue weighted by atomic mass is 16.5. The molecule has 1 amide bonds. The van der Waals surface area contributed by atoms with Crippen LogP contribution < -0.4 is 9.80 Å². The summed E-state index contributed by atoms with van der Waals surface area (Å²) in [6.07, 6.45) is 0.500. The Bertz CT molecular complexity index is 916. The molecule has 2 aromatic carbocycles. The summed E-state index contributed by atoms with van der Waals surface area (Å²) in [5, 5.41) is 0. The summed E-state index contributed by atoms with van der Waals surface area (Å²) in [5.74, 6) is -0.135. The molecule has 0 spiro atoms. The van der Waals surface area contributed by atoms with E-state index in [9.17, 15) is 9.59 Å². The first-order valence-electron chi connectivity index (χ1n) is 10.1. The lowest BCUT2D eigenvalue weighted by atomic mass is 9.76. The number of esters is 1. The maximum atomic E-state index is 12.7. The maximum absolute atomic E-state index is 12.7. The van der Waals surface area contributed by atoms with Gasteiger partial charge in [0.05, 0.1) is 12.2 Å². The molecule has 0 aromatic heterocycles. The molecule has 3 rings (SSSR count). The molecule has 0 fully saturated rings. The molecule has 0 saturated carbocycles. The third kappa shape index (κ3) is 4.00. The minimum atomic E-state index is -0.310. The first kappa shape index (κ1) is 20.9. The quantitative estimate of drug-likeness (QED) is 0.666. The average Bonchev–Trinajstić information content (AvgIpc) is 2.66. The smallest absolute Gasteiger partial charge is 0.338 e. The number of hydrogen-bond donors (Lipinski definition) is 0. The Kier molecular flexibility index (Phi) is 5.69. The first-order valence-corrected chi connectivity index (χ1v) is 10.1. The van der Waals surface area contributed by atoms with Gasteiger partial charge in [-0.3, -0.25) is 4.79 Å². The molecule has 5 nitrogen and oxygen atoms in total. The monoisotopic (exact) mass is 394 g/mol. The summed E-state index contributed by atoms with van der Waals surface area (Å²) in [6.45, 7) is 10.5. The number of rotatable bonds is 5. The average molecular weight is 395 g/mol. The van der Waals surface area contributed by atoms with Gasteiger partial charge in [0.1, 0.15) is 0 Å². The molecule has 0 radical (unpaired) electrons. The number of amides is 1. The van der Waals surface area contributed by atoms with Gasteiger partial charge < -0.3 is 14.5 Å². The molecule has 0 N–H and O–H groups in total. The highest BCUT2D eigenvalue weighted by Crippen LogP contribution is 2.43. The Morgan fingerprint density at radius 1 is 1.14 bits per heavy atom. The van der Waals surface area contributed by atoms with E-state index < -0.39 is 0 Å². The fourth-order valence-electron chi connectivity index (χ4n) is 3.93. The van der Waals surface area contributed by atoms with Crippen molar-refractivity contribution < 1.29 is 14.3 Å². The van der Waals surface area contributed by atoms with Crippen molar-refractivity contribution in [3.63, 3.8) is 0 Å². The van der Waals surface area contributed by atoms with Crippen LogP contribution in [-0.2, 0) is 14.9 Å². The molecule has 5 heteroatoms. The van der Waals surface area contributed by atoms with E-state index in [4.69, 9.17) is 4.74 Å². The van der Waals surface area contributed by atoms with E-state index >= 15 is 0 Å². The second-order valence-electron chi connectivity index (χ2n) is 8.45. The molecular weight excluding hydrogens is 364 g/mol. The van der Waals surface area contributed by atoms with Crippen LogP contribution in [-0.4, -0.2) is 31.6 Å². The van der Waals surface area contributed by atoms with Gasteiger partial charge in [-0.05, 0) is 68.8 Å². The molecule has 1 heterocycles. The summed E-state index contributed by atoms with van der Waals surface area (Å²) in [4.78, 5) is 28.5. The van der Waals surface area contributed by atoms with Gasteiger partial charge in [0.2, 0.25) is 5.91 Å². The van der Waals surface area contributed by atoms with Crippen molar-refractivity contribution in [2.24, 2.45) is 0 Å². The zero-order valence-corrected chi connectivity index (χ0v) is 18.2. The largest absolute Gasteiger partial charge is 0.462 e. The summed E-state index contributed by atoms with van der Waals surface area (Å²) < 4.78 is 5.05. The van der Waals surface area contributed by atoms with Crippen LogP contribution in [0.2, 0.25) is 0 Å². The number of nitrogens with zero attached hydrogens (tertiary/aromatic N) is 2. The fourth-order valence-corrected chi connectivity index (χ4v) is 3.93. The van der Waals surface area contributed by atoms with Gasteiger partial charge in [0.15, 0.2) is 0 Å². The van der Waals surface area contributed by atoms with Crippen molar-refractivity contribution in [2.75, 3.05) is 23.5 Å². The number of fused-ring (bicyclic) bond motifs is 1. The van der Waals surface area contributed by atoms with E-state index in [2.05, 4.69) is 24.8 Å². The van der Waals surface area contributed by atoms with Crippen LogP contribution in [0.25, 0.3) is 0 Å². The molecule has 0 atom stereocenters. The van der Waals surface area contributed by atoms with Crippen LogP contribution in [0, 0.1) is 0 Å². The Hall–Kier alpha value is -2.82. The van der Waals surface area contributed by atoms with Crippen LogP contribution in [0.15, 0.2) is 42.5 Å². The summed E-state index contributed by atoms with van der Waals surface area (Å²) in [5.41, 5.74) is 4.51. The molecular formula is C24H30N2O3. The predicted octanol–water partition coefficient (Wildman–Crippen LogP) is 5.05. The Labute approximate surface area is 173 Å². The molecule has 0 aliphatic carbocycles. The highest BCUT2D eigenvalue weighted by Gasteiger charge is 2.37. The van der Waals surface area contributed by atoms with Crippen LogP contribution in [0.5, 0.6) is 0 Å². The molecule has 154 valence electrons. The lowest BCUT2D eigenvalue weighted by Gasteiger charge is -2.41. The Balaban J connectivity index is 1.94. The third-order valence-corrected chi connectivity index (χ3v) is 5.50. The van der Waals surface area contributed by atoms with E-state index in [-0.39, 0.29) is 23.3 Å². The van der Waals surface area contributed by atoms with E-state index in [1.54, 1.807) is 19.1 Å². The zero-order chi connectivity index (χ0) is 21.3. The number of carbonyl (C=O) groups excluding carboxylic acids is 2. The molecule has 0 bridgehead atoms. The summed E-state index contributed by atoms with van der Waals surface area (Å²) >= 11 is 0. The normalized spacial score (nSPS) is 15.3. The predicted molar refractivity (Wildman–Crippen MR) is 117 cm³/mol. The van der Waals surface area contributed by atoms with Crippen LogP contribution in [0.4, 0.5) is 17.1 Å². The summed E-state index contributed by atoms with van der Waals surface area (Å²) in [7, 11) is 2.00. The van der Waals surface area contributed by atoms with E-state index in [1.165, 1.54) is 5.56 Å². The molecule has 0 unspecified atom stereocenters.